The highest BCUT2D eigenvalue weighted by Gasteiger charge is 2.28. The van der Waals surface area contributed by atoms with Crippen molar-refractivity contribution in [3.8, 4) is 0 Å². The number of halogens is 1. The van der Waals surface area contributed by atoms with Crippen molar-refractivity contribution in [3.05, 3.63) is 16.5 Å². The fourth-order valence-corrected chi connectivity index (χ4v) is 2.73. The largest absolute Gasteiger partial charge is 0.366 e. The summed E-state index contributed by atoms with van der Waals surface area (Å²) in [4.78, 5) is 11.4. The number of likely N-dealkylation sites (N-methyl/N-ethyl adjacent to an activating group) is 1. The van der Waals surface area contributed by atoms with Crippen LogP contribution in [-0.2, 0) is 0 Å². The molecule has 1 fully saturated rings. The Bertz CT molecular complexity index is 473. The van der Waals surface area contributed by atoms with Crippen molar-refractivity contribution in [3.63, 3.8) is 0 Å². The molecule has 1 heterocycles. The van der Waals surface area contributed by atoms with Crippen LogP contribution in [0.15, 0.2) is 0 Å². The molecule has 0 bridgehead atoms. The van der Waals surface area contributed by atoms with Gasteiger partial charge in [-0.05, 0) is 46.2 Å². The predicted molar refractivity (Wildman–Crippen MR) is 89.2 cm³/mol. The van der Waals surface area contributed by atoms with Crippen LogP contribution in [0.3, 0.4) is 0 Å². The highest BCUT2D eigenvalue weighted by molar-refractivity contribution is 6.30. The van der Waals surface area contributed by atoms with Gasteiger partial charge in [0.05, 0.1) is 0 Å². The summed E-state index contributed by atoms with van der Waals surface area (Å²) in [6, 6.07) is 0.372. The predicted octanol–water partition coefficient (Wildman–Crippen LogP) is 3.70. The summed E-state index contributed by atoms with van der Waals surface area (Å²) in [6.45, 7) is 7.47. The molecule has 2 rings (SSSR count). The first-order valence-electron chi connectivity index (χ1n) is 7.82. The third kappa shape index (κ3) is 4.82. The molecule has 1 aromatic heterocycles. The first-order chi connectivity index (χ1) is 9.86. The van der Waals surface area contributed by atoms with Crippen molar-refractivity contribution >= 4 is 17.4 Å². The average molecular weight is 311 g/mol. The van der Waals surface area contributed by atoms with E-state index in [1.807, 2.05) is 6.92 Å². The molecule has 0 saturated heterocycles. The molecule has 118 valence electrons. The molecule has 21 heavy (non-hydrogen) atoms. The van der Waals surface area contributed by atoms with Crippen LogP contribution >= 0.6 is 11.6 Å². The summed E-state index contributed by atoms with van der Waals surface area (Å²) in [5.74, 6) is 2.97. The van der Waals surface area contributed by atoms with Crippen LogP contribution < -0.4 is 5.32 Å². The first-order valence-corrected chi connectivity index (χ1v) is 8.20. The second-order valence-corrected chi connectivity index (χ2v) is 7.21. The van der Waals surface area contributed by atoms with Crippen LogP contribution in [0.5, 0.6) is 0 Å². The summed E-state index contributed by atoms with van der Waals surface area (Å²) in [5, 5.41) is 4.18. The van der Waals surface area contributed by atoms with E-state index in [9.17, 15) is 0 Å². The molecule has 0 spiro atoms. The van der Waals surface area contributed by atoms with Gasteiger partial charge < -0.3 is 10.2 Å². The molecular formula is C16H27ClN4. The van der Waals surface area contributed by atoms with E-state index in [1.54, 1.807) is 0 Å². The second-order valence-electron chi connectivity index (χ2n) is 6.85. The van der Waals surface area contributed by atoms with Gasteiger partial charge in [0, 0.05) is 24.1 Å². The zero-order chi connectivity index (χ0) is 15.6. The lowest BCUT2D eigenvalue weighted by molar-refractivity contribution is 0.356. The monoisotopic (exact) mass is 310 g/mol. The van der Waals surface area contributed by atoms with Crippen molar-refractivity contribution < 1.29 is 0 Å². The molecule has 4 nitrogen and oxygen atoms in total. The van der Waals surface area contributed by atoms with Gasteiger partial charge in [0.2, 0.25) is 0 Å². The van der Waals surface area contributed by atoms with Crippen LogP contribution in [0.1, 0.15) is 50.4 Å². The molecule has 1 aromatic rings. The molecular weight excluding hydrogens is 284 g/mol. The van der Waals surface area contributed by atoms with Gasteiger partial charge in [-0.1, -0.05) is 25.4 Å². The fourth-order valence-electron chi connectivity index (χ4n) is 2.55. The van der Waals surface area contributed by atoms with Crippen molar-refractivity contribution in [2.45, 2.75) is 52.0 Å². The van der Waals surface area contributed by atoms with Gasteiger partial charge in [-0.25, -0.2) is 9.97 Å². The van der Waals surface area contributed by atoms with Crippen molar-refractivity contribution in [1.29, 1.82) is 0 Å². The van der Waals surface area contributed by atoms with E-state index in [-0.39, 0.29) is 0 Å². The van der Waals surface area contributed by atoms with Crippen molar-refractivity contribution in [2.24, 2.45) is 5.92 Å². The molecule has 0 aromatic carbocycles. The molecule has 1 atom stereocenters. The van der Waals surface area contributed by atoms with E-state index in [2.05, 4.69) is 43.1 Å². The Hall–Kier alpha value is -0.870. The fraction of sp³-hybridized carbons (Fsp3) is 0.750. The quantitative estimate of drug-likeness (QED) is 0.780. The average Bonchev–Trinajstić information content (AvgIpc) is 3.17. The standard InChI is InChI=1S/C16H27ClN4/c1-10(2)8-13(9-21(4)5)18-15-11(3)14(17)19-16(20-15)12-6-7-12/h10,12-13H,6-9H2,1-5H3,(H,18,19,20). The maximum Gasteiger partial charge on any atom is 0.137 e. The summed E-state index contributed by atoms with van der Waals surface area (Å²) in [6.07, 6.45) is 3.48. The van der Waals surface area contributed by atoms with Crippen molar-refractivity contribution in [1.82, 2.24) is 14.9 Å². The van der Waals surface area contributed by atoms with Crippen LogP contribution in [0, 0.1) is 12.8 Å². The highest BCUT2D eigenvalue weighted by Crippen LogP contribution is 2.39. The Morgan fingerprint density at radius 2 is 1.95 bits per heavy atom. The van der Waals surface area contributed by atoms with Crippen LogP contribution in [0.4, 0.5) is 5.82 Å². The van der Waals surface area contributed by atoms with E-state index in [0.29, 0.717) is 23.0 Å². The number of rotatable bonds is 7. The maximum atomic E-state index is 6.28. The summed E-state index contributed by atoms with van der Waals surface area (Å²) in [5.41, 5.74) is 0.952. The minimum Gasteiger partial charge on any atom is -0.366 e. The molecule has 1 N–H and O–H groups in total. The molecule has 5 heteroatoms. The number of hydrogen-bond acceptors (Lipinski definition) is 4. The van der Waals surface area contributed by atoms with E-state index >= 15 is 0 Å². The van der Waals surface area contributed by atoms with Gasteiger partial charge >= 0.3 is 0 Å². The zero-order valence-electron chi connectivity index (χ0n) is 13.8. The Kier molecular flexibility index (Phi) is 5.44. The molecule has 1 aliphatic rings. The molecule has 1 saturated carbocycles. The first kappa shape index (κ1) is 16.5. The van der Waals surface area contributed by atoms with Gasteiger partial charge in [-0.3, -0.25) is 0 Å². The molecule has 0 radical (unpaired) electrons. The number of nitrogens with zero attached hydrogens (tertiary/aromatic N) is 3. The third-order valence-electron chi connectivity index (χ3n) is 3.73. The summed E-state index contributed by atoms with van der Waals surface area (Å²) in [7, 11) is 4.20. The van der Waals surface area contributed by atoms with Crippen LogP contribution in [-0.4, -0.2) is 41.5 Å². The third-order valence-corrected chi connectivity index (χ3v) is 4.10. The Morgan fingerprint density at radius 3 is 2.48 bits per heavy atom. The second kappa shape index (κ2) is 6.93. The van der Waals surface area contributed by atoms with E-state index in [4.69, 9.17) is 16.6 Å². The lowest BCUT2D eigenvalue weighted by Crippen LogP contribution is -2.34. The van der Waals surface area contributed by atoms with E-state index in [0.717, 1.165) is 30.2 Å². The smallest absolute Gasteiger partial charge is 0.137 e. The zero-order valence-corrected chi connectivity index (χ0v) is 14.5. The number of aromatic nitrogens is 2. The molecule has 0 aliphatic heterocycles. The summed E-state index contributed by atoms with van der Waals surface area (Å²) >= 11 is 6.28. The normalized spacial score (nSPS) is 16.6. The van der Waals surface area contributed by atoms with Crippen molar-refractivity contribution in [2.75, 3.05) is 26.0 Å². The molecule has 1 aliphatic carbocycles. The Balaban J connectivity index is 2.18. The minimum atomic E-state index is 0.372. The van der Waals surface area contributed by atoms with Crippen LogP contribution in [0.2, 0.25) is 5.15 Å². The SMILES string of the molecule is Cc1c(Cl)nc(C2CC2)nc1NC(CC(C)C)CN(C)C. The van der Waals surface area contributed by atoms with E-state index < -0.39 is 0 Å². The number of nitrogens with one attached hydrogen (secondary N) is 1. The van der Waals surface area contributed by atoms with Gasteiger partial charge in [-0.15, -0.1) is 0 Å². The molecule has 0 amide bonds. The maximum absolute atomic E-state index is 6.28. The lowest BCUT2D eigenvalue weighted by Gasteiger charge is -2.25. The van der Waals surface area contributed by atoms with Gasteiger partial charge in [0.25, 0.3) is 0 Å². The molecule has 1 unspecified atom stereocenters. The highest BCUT2D eigenvalue weighted by atomic mass is 35.5. The summed E-state index contributed by atoms with van der Waals surface area (Å²) < 4.78 is 0. The Morgan fingerprint density at radius 1 is 1.29 bits per heavy atom. The number of anilines is 1. The topological polar surface area (TPSA) is 41.1 Å². The number of hydrogen-bond donors (Lipinski definition) is 1. The minimum absolute atomic E-state index is 0.372. The Labute approximate surface area is 133 Å². The van der Waals surface area contributed by atoms with Gasteiger partial charge in [0.15, 0.2) is 0 Å². The van der Waals surface area contributed by atoms with Crippen LogP contribution in [0.25, 0.3) is 0 Å². The lowest BCUT2D eigenvalue weighted by atomic mass is 10.0. The van der Waals surface area contributed by atoms with Gasteiger partial charge in [0.1, 0.15) is 16.8 Å². The van der Waals surface area contributed by atoms with E-state index in [1.165, 1.54) is 12.8 Å². The van der Waals surface area contributed by atoms with Gasteiger partial charge in [-0.2, -0.15) is 0 Å².